The molecule has 1 heterocycles. The summed E-state index contributed by atoms with van der Waals surface area (Å²) in [5.74, 6) is 1.26. The van der Waals surface area contributed by atoms with Gasteiger partial charge in [0.25, 0.3) is 0 Å². The molecule has 1 aliphatic carbocycles. The van der Waals surface area contributed by atoms with E-state index in [9.17, 15) is 9.90 Å². The van der Waals surface area contributed by atoms with E-state index in [4.69, 9.17) is 9.47 Å². The highest BCUT2D eigenvalue weighted by molar-refractivity contribution is 5.95. The quantitative estimate of drug-likeness (QED) is 0.907. The summed E-state index contributed by atoms with van der Waals surface area (Å²) in [5, 5.41) is 13.7. The van der Waals surface area contributed by atoms with Crippen LogP contribution in [-0.2, 0) is 4.79 Å². The van der Waals surface area contributed by atoms with Crippen molar-refractivity contribution in [2.45, 2.75) is 18.9 Å². The normalized spacial score (nSPS) is 17.2. The molecule has 4 rings (SSSR count). The lowest BCUT2D eigenvalue weighted by atomic mass is 9.99. The lowest BCUT2D eigenvalue weighted by molar-refractivity contribution is -0.117. The molecule has 1 aliphatic heterocycles. The molecular weight excluding hydrogens is 306 g/mol. The van der Waals surface area contributed by atoms with Gasteiger partial charge in [0, 0.05) is 17.5 Å². The molecule has 0 aromatic heterocycles. The van der Waals surface area contributed by atoms with E-state index < -0.39 is 6.10 Å². The van der Waals surface area contributed by atoms with Crippen molar-refractivity contribution < 1.29 is 19.4 Å². The largest absolute Gasteiger partial charge is 0.486 e. The summed E-state index contributed by atoms with van der Waals surface area (Å²) < 4.78 is 11.2. The monoisotopic (exact) mass is 325 g/mol. The van der Waals surface area contributed by atoms with E-state index in [1.807, 2.05) is 30.3 Å². The lowest BCUT2D eigenvalue weighted by Gasteiger charge is -2.23. The second-order valence-corrected chi connectivity index (χ2v) is 6.16. The van der Waals surface area contributed by atoms with Crippen LogP contribution in [0.2, 0.25) is 0 Å². The Morgan fingerprint density at radius 2 is 1.75 bits per heavy atom. The minimum absolute atomic E-state index is 0.00631. The fourth-order valence-corrected chi connectivity index (χ4v) is 2.83. The molecule has 124 valence electrons. The zero-order valence-corrected chi connectivity index (χ0v) is 13.2. The smallest absolute Gasteiger partial charge is 0.227 e. The molecule has 1 saturated carbocycles. The zero-order valence-electron chi connectivity index (χ0n) is 13.2. The van der Waals surface area contributed by atoms with Crippen molar-refractivity contribution in [1.82, 2.24) is 0 Å². The molecule has 2 aromatic rings. The number of aliphatic hydroxyl groups is 1. The molecule has 5 nitrogen and oxygen atoms in total. The third-order valence-corrected chi connectivity index (χ3v) is 4.33. The van der Waals surface area contributed by atoms with Crippen LogP contribution in [0, 0.1) is 5.92 Å². The van der Waals surface area contributed by atoms with Gasteiger partial charge in [0.05, 0.1) is 5.69 Å². The van der Waals surface area contributed by atoms with Gasteiger partial charge >= 0.3 is 0 Å². The molecule has 2 N–H and O–H groups in total. The van der Waals surface area contributed by atoms with Gasteiger partial charge in [-0.1, -0.05) is 30.3 Å². The summed E-state index contributed by atoms with van der Waals surface area (Å²) in [7, 11) is 0. The molecule has 0 radical (unpaired) electrons. The zero-order chi connectivity index (χ0) is 16.5. The van der Waals surface area contributed by atoms with E-state index in [0.717, 1.165) is 18.4 Å². The van der Waals surface area contributed by atoms with E-state index >= 15 is 0 Å². The van der Waals surface area contributed by atoms with Crippen molar-refractivity contribution in [2.24, 2.45) is 5.92 Å². The number of carbonyl (C=O) groups is 1. The van der Waals surface area contributed by atoms with Gasteiger partial charge in [0.15, 0.2) is 11.5 Å². The molecule has 0 bridgehead atoms. The Hall–Kier alpha value is -2.53. The minimum atomic E-state index is -0.850. The van der Waals surface area contributed by atoms with E-state index in [1.165, 1.54) is 0 Å². The second-order valence-electron chi connectivity index (χ2n) is 6.16. The Bertz CT molecular complexity index is 755. The van der Waals surface area contributed by atoms with Gasteiger partial charge in [-0.25, -0.2) is 0 Å². The van der Waals surface area contributed by atoms with Crippen molar-refractivity contribution in [2.75, 3.05) is 18.5 Å². The van der Waals surface area contributed by atoms with Crippen molar-refractivity contribution in [3.8, 4) is 11.5 Å². The number of anilines is 1. The highest BCUT2D eigenvalue weighted by Gasteiger charge is 2.31. The van der Waals surface area contributed by atoms with Crippen molar-refractivity contribution in [3.05, 3.63) is 53.6 Å². The van der Waals surface area contributed by atoms with Crippen LogP contribution in [0.25, 0.3) is 0 Å². The lowest BCUT2D eigenvalue weighted by Crippen LogP contribution is -2.19. The van der Waals surface area contributed by atoms with Gasteiger partial charge in [-0.15, -0.1) is 0 Å². The molecule has 24 heavy (non-hydrogen) atoms. The number of hydrogen-bond donors (Lipinski definition) is 2. The van der Waals surface area contributed by atoms with Crippen LogP contribution in [0.5, 0.6) is 11.5 Å². The molecule has 5 heteroatoms. The standard InChI is InChI=1S/C19H19NO4/c21-18(12-4-2-1-3-5-12)14-10-16-17(24-9-8-23-16)11-15(14)20-19(22)13-6-7-13/h1-5,10-11,13,18,21H,6-9H2,(H,20,22)/t18-/m1/s1. The summed E-state index contributed by atoms with van der Waals surface area (Å²) in [6.45, 7) is 0.950. The predicted octanol–water partition coefficient (Wildman–Crippen LogP) is 2.89. The Labute approximate surface area is 140 Å². The first-order chi connectivity index (χ1) is 11.7. The Morgan fingerprint density at radius 3 is 2.42 bits per heavy atom. The van der Waals surface area contributed by atoms with Gasteiger partial charge in [-0.05, 0) is 24.5 Å². The Kier molecular flexibility index (Phi) is 3.86. The van der Waals surface area contributed by atoms with Gasteiger partial charge in [-0.2, -0.15) is 0 Å². The molecule has 2 aromatic carbocycles. The molecular formula is C19H19NO4. The number of ether oxygens (including phenoxy) is 2. The number of amides is 1. The number of aliphatic hydroxyl groups excluding tert-OH is 1. The van der Waals surface area contributed by atoms with Gasteiger partial charge in [-0.3, -0.25) is 4.79 Å². The van der Waals surface area contributed by atoms with E-state index in [0.29, 0.717) is 36.0 Å². The molecule has 1 fully saturated rings. The third kappa shape index (κ3) is 2.95. The first-order valence-corrected chi connectivity index (χ1v) is 8.20. The van der Waals surface area contributed by atoms with Crippen LogP contribution in [0.3, 0.4) is 0 Å². The summed E-state index contributed by atoms with van der Waals surface area (Å²) in [6, 6.07) is 12.9. The van der Waals surface area contributed by atoms with E-state index in [-0.39, 0.29) is 11.8 Å². The fourth-order valence-electron chi connectivity index (χ4n) is 2.83. The maximum Gasteiger partial charge on any atom is 0.227 e. The molecule has 2 aliphatic rings. The van der Waals surface area contributed by atoms with Gasteiger partial charge in [0.2, 0.25) is 5.91 Å². The fraction of sp³-hybridized carbons (Fsp3) is 0.316. The predicted molar refractivity (Wildman–Crippen MR) is 89.3 cm³/mol. The van der Waals surface area contributed by atoms with Crippen LogP contribution in [0.1, 0.15) is 30.1 Å². The van der Waals surface area contributed by atoms with Crippen LogP contribution in [-0.4, -0.2) is 24.2 Å². The number of carbonyl (C=O) groups excluding carboxylic acids is 1. The molecule has 1 atom stereocenters. The first-order valence-electron chi connectivity index (χ1n) is 8.20. The number of benzene rings is 2. The molecule has 0 unspecified atom stereocenters. The molecule has 0 spiro atoms. The van der Waals surface area contributed by atoms with Crippen LogP contribution >= 0.6 is 0 Å². The van der Waals surface area contributed by atoms with Crippen LogP contribution < -0.4 is 14.8 Å². The second kappa shape index (κ2) is 6.17. The topological polar surface area (TPSA) is 67.8 Å². The average Bonchev–Trinajstić information content (AvgIpc) is 3.46. The highest BCUT2D eigenvalue weighted by Crippen LogP contribution is 2.40. The SMILES string of the molecule is O=C(Nc1cc2c(cc1[C@H](O)c1ccccc1)OCCO2)C1CC1. The summed E-state index contributed by atoms with van der Waals surface area (Å²) in [5.41, 5.74) is 1.95. The number of rotatable bonds is 4. The number of nitrogens with one attached hydrogen (secondary N) is 1. The van der Waals surface area contributed by atoms with E-state index in [2.05, 4.69) is 5.32 Å². The van der Waals surface area contributed by atoms with Crippen LogP contribution in [0.4, 0.5) is 5.69 Å². The summed E-state index contributed by atoms with van der Waals surface area (Å²) >= 11 is 0. The highest BCUT2D eigenvalue weighted by atomic mass is 16.6. The first kappa shape index (κ1) is 15.0. The molecule has 1 amide bonds. The van der Waals surface area contributed by atoms with Crippen molar-refractivity contribution in [1.29, 1.82) is 0 Å². The summed E-state index contributed by atoms with van der Waals surface area (Å²) in [6.07, 6.45) is 0.997. The average molecular weight is 325 g/mol. The summed E-state index contributed by atoms with van der Waals surface area (Å²) in [4.78, 5) is 12.2. The third-order valence-electron chi connectivity index (χ3n) is 4.33. The minimum Gasteiger partial charge on any atom is -0.486 e. The van der Waals surface area contributed by atoms with Gasteiger partial charge in [0.1, 0.15) is 19.3 Å². The Balaban J connectivity index is 1.73. The van der Waals surface area contributed by atoms with Crippen molar-refractivity contribution in [3.63, 3.8) is 0 Å². The van der Waals surface area contributed by atoms with Crippen LogP contribution in [0.15, 0.2) is 42.5 Å². The Morgan fingerprint density at radius 1 is 1.08 bits per heavy atom. The van der Waals surface area contributed by atoms with E-state index in [1.54, 1.807) is 12.1 Å². The number of fused-ring (bicyclic) bond motifs is 1. The molecule has 0 saturated heterocycles. The van der Waals surface area contributed by atoms with Gasteiger partial charge < -0.3 is 19.9 Å². The maximum atomic E-state index is 12.2. The maximum absolute atomic E-state index is 12.2. The number of hydrogen-bond acceptors (Lipinski definition) is 4. The van der Waals surface area contributed by atoms with Crippen molar-refractivity contribution >= 4 is 11.6 Å².